The fourth-order valence-corrected chi connectivity index (χ4v) is 3.70. The first kappa shape index (κ1) is 16.1. The Morgan fingerprint density at radius 2 is 1.91 bits per heavy atom. The molecule has 1 saturated heterocycles. The third-order valence-corrected chi connectivity index (χ3v) is 5.04. The summed E-state index contributed by atoms with van der Waals surface area (Å²) in [6.45, 7) is 3.05. The molecule has 2 aliphatic rings. The summed E-state index contributed by atoms with van der Waals surface area (Å²) in [5.74, 6) is 0.284. The zero-order valence-corrected chi connectivity index (χ0v) is 13.0. The first-order chi connectivity index (χ1) is 10.8. The Kier molecular flexibility index (Phi) is 4.02. The SMILES string of the molecule is Cc1ccc(OC2CCC3(CC2)CN(C=O)C3)cc1C(F)(F)F. The highest BCUT2D eigenvalue weighted by molar-refractivity contribution is 5.49. The van der Waals surface area contributed by atoms with E-state index in [-0.39, 0.29) is 22.8 Å². The number of nitrogens with zero attached hydrogens (tertiary/aromatic N) is 1. The van der Waals surface area contributed by atoms with Crippen LogP contribution in [0.3, 0.4) is 0 Å². The van der Waals surface area contributed by atoms with Crippen molar-refractivity contribution in [1.29, 1.82) is 0 Å². The number of hydrogen-bond acceptors (Lipinski definition) is 2. The number of ether oxygens (including phenoxy) is 1. The number of aryl methyl sites for hydroxylation is 1. The number of carbonyl (C=O) groups is 1. The van der Waals surface area contributed by atoms with Crippen LogP contribution in [0.1, 0.15) is 36.8 Å². The number of amides is 1. The van der Waals surface area contributed by atoms with Gasteiger partial charge in [-0.25, -0.2) is 0 Å². The summed E-state index contributed by atoms with van der Waals surface area (Å²) < 4.78 is 44.6. The lowest BCUT2D eigenvalue weighted by atomic mass is 9.68. The first-order valence-corrected chi connectivity index (χ1v) is 7.85. The molecule has 1 saturated carbocycles. The highest BCUT2D eigenvalue weighted by Crippen LogP contribution is 2.44. The summed E-state index contributed by atoms with van der Waals surface area (Å²) >= 11 is 0. The van der Waals surface area contributed by atoms with Crippen LogP contribution in [-0.2, 0) is 11.0 Å². The minimum absolute atomic E-state index is 0.0466. The minimum Gasteiger partial charge on any atom is -0.490 e. The van der Waals surface area contributed by atoms with Crippen molar-refractivity contribution < 1.29 is 22.7 Å². The molecule has 23 heavy (non-hydrogen) atoms. The Balaban J connectivity index is 1.60. The van der Waals surface area contributed by atoms with E-state index >= 15 is 0 Å². The van der Waals surface area contributed by atoms with Gasteiger partial charge in [0.05, 0.1) is 11.7 Å². The van der Waals surface area contributed by atoms with Crippen molar-refractivity contribution in [2.75, 3.05) is 13.1 Å². The Morgan fingerprint density at radius 3 is 2.48 bits per heavy atom. The van der Waals surface area contributed by atoms with E-state index in [9.17, 15) is 18.0 Å². The quantitative estimate of drug-likeness (QED) is 0.791. The predicted molar refractivity (Wildman–Crippen MR) is 79.1 cm³/mol. The highest BCUT2D eigenvalue weighted by atomic mass is 19.4. The topological polar surface area (TPSA) is 29.5 Å². The molecule has 1 amide bonds. The van der Waals surface area contributed by atoms with Gasteiger partial charge in [-0.15, -0.1) is 0 Å². The maximum Gasteiger partial charge on any atom is 0.416 e. The van der Waals surface area contributed by atoms with Gasteiger partial charge in [-0.05, 0) is 50.3 Å². The number of hydrogen-bond donors (Lipinski definition) is 0. The molecule has 3 rings (SSSR count). The smallest absolute Gasteiger partial charge is 0.416 e. The molecule has 1 spiro atoms. The van der Waals surface area contributed by atoms with Crippen LogP contribution in [0, 0.1) is 12.3 Å². The van der Waals surface area contributed by atoms with E-state index in [0.717, 1.165) is 51.2 Å². The Labute approximate surface area is 133 Å². The number of carbonyl (C=O) groups excluding carboxylic acids is 1. The Hall–Kier alpha value is -1.72. The van der Waals surface area contributed by atoms with Gasteiger partial charge in [0.2, 0.25) is 6.41 Å². The van der Waals surface area contributed by atoms with Gasteiger partial charge in [-0.3, -0.25) is 4.79 Å². The standard InChI is InChI=1S/C17H20F3NO2/c1-12-2-3-14(8-15(12)17(18,19)20)23-13-4-6-16(7-5-13)9-21(10-16)11-22/h2-3,8,11,13H,4-7,9-10H2,1H3. The van der Waals surface area contributed by atoms with Gasteiger partial charge < -0.3 is 9.64 Å². The van der Waals surface area contributed by atoms with Crippen molar-refractivity contribution >= 4 is 6.41 Å². The van der Waals surface area contributed by atoms with E-state index in [4.69, 9.17) is 4.74 Å². The van der Waals surface area contributed by atoms with E-state index in [2.05, 4.69) is 0 Å². The Morgan fingerprint density at radius 1 is 1.26 bits per heavy atom. The molecule has 0 unspecified atom stereocenters. The molecule has 0 atom stereocenters. The predicted octanol–water partition coefficient (Wildman–Crippen LogP) is 3.79. The van der Waals surface area contributed by atoms with Crippen LogP contribution >= 0.6 is 0 Å². The minimum atomic E-state index is -4.36. The maximum atomic E-state index is 12.9. The molecule has 0 bridgehead atoms. The van der Waals surface area contributed by atoms with E-state index < -0.39 is 11.7 Å². The lowest BCUT2D eigenvalue weighted by Crippen LogP contribution is -2.57. The van der Waals surface area contributed by atoms with Gasteiger partial charge in [-0.2, -0.15) is 13.2 Å². The van der Waals surface area contributed by atoms with Gasteiger partial charge in [0.15, 0.2) is 0 Å². The largest absolute Gasteiger partial charge is 0.490 e. The van der Waals surface area contributed by atoms with E-state index in [1.54, 1.807) is 11.0 Å². The average Bonchev–Trinajstić information content (AvgIpc) is 2.46. The van der Waals surface area contributed by atoms with Crippen molar-refractivity contribution in [3.05, 3.63) is 29.3 Å². The molecule has 0 N–H and O–H groups in total. The molecule has 1 aromatic carbocycles. The third-order valence-electron chi connectivity index (χ3n) is 5.04. The van der Waals surface area contributed by atoms with Gasteiger partial charge in [0, 0.05) is 18.5 Å². The molecular weight excluding hydrogens is 307 g/mol. The molecule has 1 aromatic rings. The van der Waals surface area contributed by atoms with Gasteiger partial charge in [0.25, 0.3) is 0 Å². The fraction of sp³-hybridized carbons (Fsp3) is 0.588. The van der Waals surface area contributed by atoms with Crippen LogP contribution in [0.15, 0.2) is 18.2 Å². The zero-order valence-electron chi connectivity index (χ0n) is 13.0. The van der Waals surface area contributed by atoms with Crippen LogP contribution in [0.5, 0.6) is 5.75 Å². The second-order valence-corrected chi connectivity index (χ2v) is 6.80. The van der Waals surface area contributed by atoms with Crippen LogP contribution in [-0.4, -0.2) is 30.5 Å². The summed E-state index contributed by atoms with van der Waals surface area (Å²) in [6.07, 6.45) is 0.0298. The van der Waals surface area contributed by atoms with Crippen molar-refractivity contribution in [3.63, 3.8) is 0 Å². The first-order valence-electron chi connectivity index (χ1n) is 7.85. The fourth-order valence-electron chi connectivity index (χ4n) is 3.70. The highest BCUT2D eigenvalue weighted by Gasteiger charge is 2.45. The molecule has 3 nitrogen and oxygen atoms in total. The summed E-state index contributed by atoms with van der Waals surface area (Å²) in [5, 5.41) is 0. The molecule has 1 aliphatic heterocycles. The van der Waals surface area contributed by atoms with Crippen LogP contribution in [0.2, 0.25) is 0 Å². The van der Waals surface area contributed by atoms with E-state index in [1.807, 2.05) is 0 Å². The molecule has 0 radical (unpaired) electrons. The van der Waals surface area contributed by atoms with E-state index in [0.29, 0.717) is 0 Å². The zero-order chi connectivity index (χ0) is 16.7. The van der Waals surface area contributed by atoms with Crippen LogP contribution in [0.25, 0.3) is 0 Å². The number of likely N-dealkylation sites (tertiary alicyclic amines) is 1. The molecule has 2 fully saturated rings. The summed E-state index contributed by atoms with van der Waals surface area (Å²) in [5.41, 5.74) is -0.218. The summed E-state index contributed by atoms with van der Waals surface area (Å²) in [6, 6.07) is 4.15. The average molecular weight is 327 g/mol. The number of alkyl halides is 3. The van der Waals surface area contributed by atoms with Crippen molar-refractivity contribution in [3.8, 4) is 5.75 Å². The van der Waals surface area contributed by atoms with Crippen molar-refractivity contribution in [2.24, 2.45) is 5.41 Å². The lowest BCUT2D eigenvalue weighted by Gasteiger charge is -2.52. The van der Waals surface area contributed by atoms with Crippen molar-refractivity contribution in [2.45, 2.75) is 44.9 Å². The lowest BCUT2D eigenvalue weighted by molar-refractivity contribution is -0.138. The van der Waals surface area contributed by atoms with Crippen LogP contribution in [0.4, 0.5) is 13.2 Å². The molecule has 6 heteroatoms. The molecular formula is C17H20F3NO2. The Bertz CT molecular complexity index is 584. The molecule has 1 heterocycles. The van der Waals surface area contributed by atoms with Gasteiger partial charge in [-0.1, -0.05) is 6.07 Å². The van der Waals surface area contributed by atoms with Crippen molar-refractivity contribution in [1.82, 2.24) is 4.90 Å². The van der Waals surface area contributed by atoms with Gasteiger partial charge in [0.1, 0.15) is 5.75 Å². The molecule has 0 aromatic heterocycles. The summed E-state index contributed by atoms with van der Waals surface area (Å²) in [7, 11) is 0. The normalized spacial score (nSPS) is 21.1. The second-order valence-electron chi connectivity index (χ2n) is 6.80. The van der Waals surface area contributed by atoms with Gasteiger partial charge >= 0.3 is 6.18 Å². The number of benzene rings is 1. The second kappa shape index (κ2) is 5.73. The number of halogens is 3. The maximum absolute atomic E-state index is 12.9. The molecule has 126 valence electrons. The third kappa shape index (κ3) is 3.31. The monoisotopic (exact) mass is 327 g/mol. The summed E-state index contributed by atoms with van der Waals surface area (Å²) in [4.78, 5) is 12.4. The van der Waals surface area contributed by atoms with E-state index in [1.165, 1.54) is 13.0 Å². The molecule has 1 aliphatic carbocycles. The number of rotatable bonds is 3. The van der Waals surface area contributed by atoms with Crippen LogP contribution < -0.4 is 4.74 Å².